The van der Waals surface area contributed by atoms with Gasteiger partial charge in [0.2, 0.25) is 0 Å². The standard InChI is InChI=1S/C19H29NO/c1-18(2,3)16-7-4-5-8-17(16)21-19(11-6-12-19)13-14-20-15-9-10-15/h4-5,7-8,15,20H,6,9-14H2,1-3H3. The second kappa shape index (κ2) is 5.64. The Kier molecular flexibility index (Phi) is 4.00. The number of rotatable bonds is 6. The highest BCUT2D eigenvalue weighted by Gasteiger charge is 2.40. The molecule has 0 aromatic heterocycles. The average molecular weight is 287 g/mol. The molecule has 2 heteroatoms. The lowest BCUT2D eigenvalue weighted by Gasteiger charge is -2.43. The Balaban J connectivity index is 1.68. The van der Waals surface area contributed by atoms with E-state index >= 15 is 0 Å². The predicted molar refractivity (Wildman–Crippen MR) is 88.0 cm³/mol. The highest BCUT2D eigenvalue weighted by atomic mass is 16.5. The Hall–Kier alpha value is -1.02. The minimum atomic E-state index is 0.0866. The van der Waals surface area contributed by atoms with Crippen molar-refractivity contribution in [2.45, 2.75) is 76.4 Å². The smallest absolute Gasteiger partial charge is 0.123 e. The van der Waals surface area contributed by atoms with Gasteiger partial charge in [0.1, 0.15) is 11.4 Å². The van der Waals surface area contributed by atoms with Crippen LogP contribution in [0.2, 0.25) is 0 Å². The molecule has 2 nitrogen and oxygen atoms in total. The van der Waals surface area contributed by atoms with Gasteiger partial charge in [0.05, 0.1) is 0 Å². The lowest BCUT2D eigenvalue weighted by atomic mass is 9.77. The Labute approximate surface area is 129 Å². The van der Waals surface area contributed by atoms with Crippen LogP contribution in [0.3, 0.4) is 0 Å². The largest absolute Gasteiger partial charge is 0.487 e. The van der Waals surface area contributed by atoms with Gasteiger partial charge in [-0.2, -0.15) is 0 Å². The molecule has 0 aliphatic heterocycles. The average Bonchev–Trinajstić information content (AvgIpc) is 3.19. The molecule has 2 aliphatic rings. The summed E-state index contributed by atoms with van der Waals surface area (Å²) in [6, 6.07) is 9.37. The normalized spacial score (nSPS) is 20.9. The van der Waals surface area contributed by atoms with Gasteiger partial charge in [0, 0.05) is 6.04 Å². The van der Waals surface area contributed by atoms with E-state index in [1.807, 2.05) is 0 Å². The maximum atomic E-state index is 6.56. The predicted octanol–water partition coefficient (Wildman–Crippen LogP) is 4.43. The summed E-state index contributed by atoms with van der Waals surface area (Å²) < 4.78 is 6.56. The van der Waals surface area contributed by atoms with Crippen molar-refractivity contribution < 1.29 is 4.74 Å². The van der Waals surface area contributed by atoms with Crippen molar-refractivity contribution in [2.75, 3.05) is 6.54 Å². The summed E-state index contributed by atoms with van der Waals surface area (Å²) in [7, 11) is 0. The van der Waals surface area contributed by atoms with E-state index in [2.05, 4.69) is 50.4 Å². The molecule has 1 aromatic carbocycles. The number of ether oxygens (including phenoxy) is 1. The van der Waals surface area contributed by atoms with Gasteiger partial charge in [-0.05, 0) is 62.1 Å². The molecular formula is C19H29NO. The lowest BCUT2D eigenvalue weighted by Crippen LogP contribution is -2.46. The van der Waals surface area contributed by atoms with Gasteiger partial charge in [-0.3, -0.25) is 0 Å². The van der Waals surface area contributed by atoms with Gasteiger partial charge in [-0.1, -0.05) is 39.0 Å². The maximum Gasteiger partial charge on any atom is 0.123 e. The van der Waals surface area contributed by atoms with Crippen LogP contribution >= 0.6 is 0 Å². The molecule has 116 valence electrons. The monoisotopic (exact) mass is 287 g/mol. The molecule has 21 heavy (non-hydrogen) atoms. The number of hydrogen-bond acceptors (Lipinski definition) is 2. The van der Waals surface area contributed by atoms with Gasteiger partial charge in [0.25, 0.3) is 0 Å². The first-order valence-electron chi connectivity index (χ1n) is 8.50. The number of nitrogens with one attached hydrogen (secondary N) is 1. The first-order valence-corrected chi connectivity index (χ1v) is 8.50. The van der Waals surface area contributed by atoms with E-state index in [-0.39, 0.29) is 11.0 Å². The quantitative estimate of drug-likeness (QED) is 0.836. The first-order chi connectivity index (χ1) is 9.99. The minimum absolute atomic E-state index is 0.0866. The van der Waals surface area contributed by atoms with Crippen LogP contribution in [0.15, 0.2) is 24.3 Å². The van der Waals surface area contributed by atoms with Crippen LogP contribution in [0.5, 0.6) is 5.75 Å². The summed E-state index contributed by atoms with van der Waals surface area (Å²) in [4.78, 5) is 0. The highest BCUT2D eigenvalue weighted by Crippen LogP contribution is 2.42. The van der Waals surface area contributed by atoms with E-state index in [1.54, 1.807) is 0 Å². The Morgan fingerprint density at radius 1 is 1.19 bits per heavy atom. The Morgan fingerprint density at radius 2 is 1.90 bits per heavy atom. The summed E-state index contributed by atoms with van der Waals surface area (Å²) in [5, 5.41) is 3.63. The molecule has 0 spiro atoms. The third-order valence-electron chi connectivity index (χ3n) is 4.88. The van der Waals surface area contributed by atoms with E-state index in [0.29, 0.717) is 0 Å². The molecule has 1 N–H and O–H groups in total. The molecule has 2 fully saturated rings. The van der Waals surface area contributed by atoms with E-state index in [9.17, 15) is 0 Å². The zero-order valence-electron chi connectivity index (χ0n) is 13.7. The molecule has 3 rings (SSSR count). The summed E-state index contributed by atoms with van der Waals surface area (Å²) in [6.45, 7) is 7.88. The van der Waals surface area contributed by atoms with Crippen molar-refractivity contribution in [2.24, 2.45) is 0 Å². The summed E-state index contributed by atoms with van der Waals surface area (Å²) >= 11 is 0. The van der Waals surface area contributed by atoms with E-state index in [0.717, 1.165) is 24.8 Å². The fraction of sp³-hybridized carbons (Fsp3) is 0.684. The third kappa shape index (κ3) is 3.60. The van der Waals surface area contributed by atoms with Crippen molar-refractivity contribution >= 4 is 0 Å². The van der Waals surface area contributed by atoms with Crippen LogP contribution in [-0.4, -0.2) is 18.2 Å². The van der Waals surface area contributed by atoms with Gasteiger partial charge in [-0.15, -0.1) is 0 Å². The highest BCUT2D eigenvalue weighted by molar-refractivity contribution is 5.39. The topological polar surface area (TPSA) is 21.3 Å². The number of hydrogen-bond donors (Lipinski definition) is 1. The van der Waals surface area contributed by atoms with Crippen molar-refractivity contribution in [3.8, 4) is 5.75 Å². The molecule has 1 aromatic rings. The zero-order chi connectivity index (χ0) is 14.9. The van der Waals surface area contributed by atoms with Gasteiger partial charge < -0.3 is 10.1 Å². The van der Waals surface area contributed by atoms with E-state index < -0.39 is 0 Å². The van der Waals surface area contributed by atoms with Gasteiger partial charge in [0.15, 0.2) is 0 Å². The minimum Gasteiger partial charge on any atom is -0.487 e. The summed E-state index contributed by atoms with van der Waals surface area (Å²) in [5.41, 5.74) is 1.54. The summed E-state index contributed by atoms with van der Waals surface area (Å²) in [5.74, 6) is 1.09. The van der Waals surface area contributed by atoms with Crippen molar-refractivity contribution in [3.63, 3.8) is 0 Å². The molecule has 0 radical (unpaired) electrons. The van der Waals surface area contributed by atoms with Crippen molar-refractivity contribution in [1.82, 2.24) is 5.32 Å². The van der Waals surface area contributed by atoms with E-state index in [4.69, 9.17) is 4.74 Å². The van der Waals surface area contributed by atoms with Crippen LogP contribution in [0, 0.1) is 0 Å². The molecule has 2 saturated carbocycles. The van der Waals surface area contributed by atoms with Crippen LogP contribution in [0.1, 0.15) is 64.9 Å². The molecule has 0 atom stereocenters. The lowest BCUT2D eigenvalue weighted by molar-refractivity contribution is -0.0156. The van der Waals surface area contributed by atoms with Gasteiger partial charge >= 0.3 is 0 Å². The molecular weight excluding hydrogens is 258 g/mol. The van der Waals surface area contributed by atoms with Crippen LogP contribution in [0.4, 0.5) is 0 Å². The van der Waals surface area contributed by atoms with Gasteiger partial charge in [-0.25, -0.2) is 0 Å². The Bertz CT molecular complexity index is 481. The van der Waals surface area contributed by atoms with Crippen molar-refractivity contribution in [1.29, 1.82) is 0 Å². The number of benzene rings is 1. The molecule has 0 bridgehead atoms. The van der Waals surface area contributed by atoms with Crippen LogP contribution in [-0.2, 0) is 5.41 Å². The SMILES string of the molecule is CC(C)(C)c1ccccc1OC1(CCNC2CC2)CCC1. The second-order valence-corrected chi connectivity index (χ2v) is 7.86. The van der Waals surface area contributed by atoms with Crippen LogP contribution < -0.4 is 10.1 Å². The Morgan fingerprint density at radius 3 is 2.48 bits per heavy atom. The fourth-order valence-corrected chi connectivity index (χ4v) is 3.17. The molecule has 2 aliphatic carbocycles. The van der Waals surface area contributed by atoms with Crippen molar-refractivity contribution in [3.05, 3.63) is 29.8 Å². The molecule has 0 unspecified atom stereocenters. The first kappa shape index (κ1) is 14.9. The van der Waals surface area contributed by atoms with Crippen LogP contribution in [0.25, 0.3) is 0 Å². The second-order valence-electron chi connectivity index (χ2n) is 7.86. The zero-order valence-corrected chi connectivity index (χ0v) is 13.7. The third-order valence-corrected chi connectivity index (χ3v) is 4.88. The fourth-order valence-electron chi connectivity index (χ4n) is 3.17. The molecule has 0 amide bonds. The summed E-state index contributed by atoms with van der Waals surface area (Å²) in [6.07, 6.45) is 7.58. The maximum absolute atomic E-state index is 6.56. The molecule has 0 heterocycles. The van der Waals surface area contributed by atoms with E-state index in [1.165, 1.54) is 37.7 Å². The molecule has 0 saturated heterocycles. The number of para-hydroxylation sites is 1.